The fourth-order valence-electron chi connectivity index (χ4n) is 3.03. The number of nitrogens with one attached hydrogen (secondary N) is 2. The normalized spacial score (nSPS) is 15.7. The van der Waals surface area contributed by atoms with Gasteiger partial charge in [0.25, 0.3) is 11.8 Å². The third-order valence-electron chi connectivity index (χ3n) is 4.25. The van der Waals surface area contributed by atoms with Crippen molar-refractivity contribution in [1.82, 2.24) is 9.88 Å². The summed E-state index contributed by atoms with van der Waals surface area (Å²) < 4.78 is 0. The number of piperidine rings is 1. The van der Waals surface area contributed by atoms with Crippen molar-refractivity contribution in [2.24, 2.45) is 5.73 Å². The summed E-state index contributed by atoms with van der Waals surface area (Å²) >= 11 is 0. The second-order valence-corrected chi connectivity index (χ2v) is 6.01. The molecule has 1 atom stereocenters. The number of aromatic amines is 1. The molecule has 0 spiro atoms. The van der Waals surface area contributed by atoms with Gasteiger partial charge in [-0.1, -0.05) is 30.3 Å². The van der Waals surface area contributed by atoms with Gasteiger partial charge in [0, 0.05) is 19.2 Å². The molecule has 0 aliphatic carbocycles. The molecule has 0 radical (unpaired) electrons. The molecule has 1 fully saturated rings. The van der Waals surface area contributed by atoms with Crippen molar-refractivity contribution in [2.75, 3.05) is 11.9 Å². The number of hydrogen-bond acceptors (Lipinski definition) is 3. The summed E-state index contributed by atoms with van der Waals surface area (Å²) in [6.45, 7) is 0.547. The van der Waals surface area contributed by atoms with Crippen LogP contribution in [0.15, 0.2) is 42.6 Å². The summed E-state index contributed by atoms with van der Waals surface area (Å²) in [5.74, 6) is -0.954. The number of nitrogens with zero attached hydrogens (tertiary/aromatic N) is 1. The van der Waals surface area contributed by atoms with E-state index in [4.69, 9.17) is 5.73 Å². The first-order valence-corrected chi connectivity index (χ1v) is 8.20. The highest BCUT2D eigenvalue weighted by molar-refractivity contribution is 5.99. The largest absolute Gasteiger partial charge is 0.364 e. The number of H-pyrrole nitrogens is 1. The molecule has 0 saturated carbocycles. The SMILES string of the molecule is NC(=O)c1cc(NC(=O)[C@H](c2ccccc2)N2CCCCC2=O)c[nH]1. The minimum absolute atomic E-state index is 0.0258. The quantitative estimate of drug-likeness (QED) is 0.772. The smallest absolute Gasteiger partial charge is 0.265 e. The summed E-state index contributed by atoms with van der Waals surface area (Å²) in [5, 5.41) is 2.76. The number of anilines is 1. The maximum atomic E-state index is 12.9. The molecule has 0 bridgehead atoms. The topological polar surface area (TPSA) is 108 Å². The van der Waals surface area contributed by atoms with Crippen LogP contribution in [0.25, 0.3) is 0 Å². The number of nitrogens with two attached hydrogens (primary N) is 1. The fraction of sp³-hybridized carbons (Fsp3) is 0.278. The summed E-state index contributed by atoms with van der Waals surface area (Å²) in [6.07, 6.45) is 3.67. The van der Waals surface area contributed by atoms with Crippen LogP contribution in [0.3, 0.4) is 0 Å². The van der Waals surface area contributed by atoms with Gasteiger partial charge in [-0.15, -0.1) is 0 Å². The maximum absolute atomic E-state index is 12.9. The highest BCUT2D eigenvalue weighted by Gasteiger charge is 2.32. The van der Waals surface area contributed by atoms with Gasteiger partial charge in [-0.2, -0.15) is 0 Å². The number of amides is 3. The van der Waals surface area contributed by atoms with Gasteiger partial charge < -0.3 is 20.9 Å². The third-order valence-corrected chi connectivity index (χ3v) is 4.25. The van der Waals surface area contributed by atoms with Crippen LogP contribution in [-0.4, -0.2) is 34.2 Å². The molecule has 2 heterocycles. The summed E-state index contributed by atoms with van der Waals surface area (Å²) in [4.78, 5) is 40.7. The van der Waals surface area contributed by atoms with E-state index in [0.29, 0.717) is 18.7 Å². The minimum Gasteiger partial charge on any atom is -0.364 e. The maximum Gasteiger partial charge on any atom is 0.265 e. The molecule has 0 unspecified atom stereocenters. The van der Waals surface area contributed by atoms with E-state index in [-0.39, 0.29) is 17.5 Å². The minimum atomic E-state index is -0.707. The number of aromatic nitrogens is 1. The van der Waals surface area contributed by atoms with Crippen LogP contribution in [0.2, 0.25) is 0 Å². The number of benzene rings is 1. The van der Waals surface area contributed by atoms with Gasteiger partial charge in [-0.05, 0) is 24.5 Å². The zero-order chi connectivity index (χ0) is 17.8. The van der Waals surface area contributed by atoms with Gasteiger partial charge >= 0.3 is 0 Å². The zero-order valence-electron chi connectivity index (χ0n) is 13.7. The van der Waals surface area contributed by atoms with Crippen LogP contribution in [0.4, 0.5) is 5.69 Å². The van der Waals surface area contributed by atoms with Crippen LogP contribution >= 0.6 is 0 Å². The molecule has 7 heteroatoms. The number of rotatable bonds is 5. The van der Waals surface area contributed by atoms with Crippen LogP contribution in [0.1, 0.15) is 41.4 Å². The van der Waals surface area contributed by atoms with Crippen LogP contribution in [0.5, 0.6) is 0 Å². The van der Waals surface area contributed by atoms with Crippen LogP contribution in [0, 0.1) is 0 Å². The third kappa shape index (κ3) is 3.71. The molecule has 1 aliphatic heterocycles. The highest BCUT2D eigenvalue weighted by Crippen LogP contribution is 2.27. The average molecular weight is 340 g/mol. The van der Waals surface area contributed by atoms with Crippen LogP contribution in [-0.2, 0) is 9.59 Å². The Bertz CT molecular complexity index is 785. The standard InChI is InChI=1S/C18H20N4O3/c19-17(24)14-10-13(11-20-14)21-18(25)16(12-6-2-1-3-7-12)22-9-5-4-8-15(22)23/h1-3,6-7,10-11,16,20H,4-5,8-9H2,(H2,19,24)(H,21,25)/t16-/m0/s1. The number of primary amides is 1. The molecule has 7 nitrogen and oxygen atoms in total. The zero-order valence-corrected chi connectivity index (χ0v) is 13.7. The van der Waals surface area contributed by atoms with Gasteiger partial charge in [0.05, 0.1) is 5.69 Å². The average Bonchev–Trinajstić information content (AvgIpc) is 3.07. The highest BCUT2D eigenvalue weighted by atomic mass is 16.2. The van der Waals surface area contributed by atoms with Crippen molar-refractivity contribution in [1.29, 1.82) is 0 Å². The Morgan fingerprint density at radius 2 is 1.96 bits per heavy atom. The van der Waals surface area contributed by atoms with Gasteiger partial charge in [-0.25, -0.2) is 0 Å². The Balaban J connectivity index is 1.86. The van der Waals surface area contributed by atoms with Crippen molar-refractivity contribution in [3.05, 3.63) is 53.9 Å². The molecule has 4 N–H and O–H groups in total. The lowest BCUT2D eigenvalue weighted by Crippen LogP contribution is -2.43. The lowest BCUT2D eigenvalue weighted by molar-refractivity contribution is -0.141. The van der Waals surface area contributed by atoms with E-state index in [2.05, 4.69) is 10.3 Å². The number of likely N-dealkylation sites (tertiary alicyclic amines) is 1. The van der Waals surface area contributed by atoms with Crippen molar-refractivity contribution >= 4 is 23.4 Å². The molecular formula is C18H20N4O3. The predicted octanol–water partition coefficient (Wildman–Crippen LogP) is 1.81. The van der Waals surface area contributed by atoms with Gasteiger partial charge in [-0.3, -0.25) is 14.4 Å². The summed E-state index contributed by atoms with van der Waals surface area (Å²) in [6, 6.07) is 9.97. The van der Waals surface area contributed by atoms with Gasteiger partial charge in [0.2, 0.25) is 5.91 Å². The van der Waals surface area contributed by atoms with Crippen molar-refractivity contribution in [3.8, 4) is 0 Å². The van der Waals surface area contributed by atoms with E-state index in [9.17, 15) is 14.4 Å². The number of carbonyl (C=O) groups excluding carboxylic acids is 3. The van der Waals surface area contributed by atoms with Crippen LogP contribution < -0.4 is 11.1 Å². The Morgan fingerprint density at radius 3 is 2.60 bits per heavy atom. The molecule has 3 rings (SSSR count). The number of carbonyl (C=O) groups is 3. The fourth-order valence-corrected chi connectivity index (χ4v) is 3.03. The van der Waals surface area contributed by atoms with Crippen molar-refractivity contribution in [2.45, 2.75) is 25.3 Å². The Hall–Kier alpha value is -3.09. The predicted molar refractivity (Wildman–Crippen MR) is 92.7 cm³/mol. The first-order valence-electron chi connectivity index (χ1n) is 8.20. The Kier molecular flexibility index (Phi) is 4.83. The molecule has 25 heavy (non-hydrogen) atoms. The summed E-state index contributed by atoms with van der Waals surface area (Å²) in [7, 11) is 0. The molecule has 1 aliphatic rings. The van der Waals surface area contributed by atoms with E-state index in [0.717, 1.165) is 18.4 Å². The van der Waals surface area contributed by atoms with E-state index in [1.54, 1.807) is 4.90 Å². The molecule has 3 amide bonds. The Labute approximate surface area is 145 Å². The second kappa shape index (κ2) is 7.21. The molecule has 1 aromatic carbocycles. The molecule has 2 aromatic rings. The van der Waals surface area contributed by atoms with E-state index in [1.807, 2.05) is 30.3 Å². The van der Waals surface area contributed by atoms with E-state index in [1.165, 1.54) is 12.3 Å². The first kappa shape index (κ1) is 16.8. The lowest BCUT2D eigenvalue weighted by Gasteiger charge is -2.34. The lowest BCUT2D eigenvalue weighted by atomic mass is 10.0. The number of hydrogen-bond donors (Lipinski definition) is 3. The molecular weight excluding hydrogens is 320 g/mol. The van der Waals surface area contributed by atoms with Gasteiger partial charge in [0.1, 0.15) is 11.7 Å². The van der Waals surface area contributed by atoms with Crippen molar-refractivity contribution in [3.63, 3.8) is 0 Å². The van der Waals surface area contributed by atoms with Gasteiger partial charge in [0.15, 0.2) is 0 Å². The van der Waals surface area contributed by atoms with Crippen molar-refractivity contribution < 1.29 is 14.4 Å². The van der Waals surface area contributed by atoms with E-state index >= 15 is 0 Å². The first-order chi connectivity index (χ1) is 12.1. The van der Waals surface area contributed by atoms with E-state index < -0.39 is 11.9 Å². The molecule has 1 saturated heterocycles. The monoisotopic (exact) mass is 340 g/mol. The molecule has 1 aromatic heterocycles. The Morgan fingerprint density at radius 1 is 1.20 bits per heavy atom. The second-order valence-electron chi connectivity index (χ2n) is 6.01. The summed E-state index contributed by atoms with van der Waals surface area (Å²) in [5.41, 5.74) is 6.60. The molecule has 130 valence electrons.